The lowest BCUT2D eigenvalue weighted by Gasteiger charge is -2.33. The molecule has 10 nitrogen and oxygen atoms in total. The molecule has 5 heterocycles. The van der Waals surface area contributed by atoms with Crippen LogP contribution in [0.3, 0.4) is 0 Å². The van der Waals surface area contributed by atoms with E-state index in [0.29, 0.717) is 37.6 Å². The summed E-state index contributed by atoms with van der Waals surface area (Å²) in [4.78, 5) is 29.7. The van der Waals surface area contributed by atoms with E-state index >= 15 is 0 Å². The fourth-order valence-corrected chi connectivity index (χ4v) is 5.46. The van der Waals surface area contributed by atoms with Crippen LogP contribution >= 0.6 is 0 Å². The van der Waals surface area contributed by atoms with Gasteiger partial charge >= 0.3 is 12.1 Å². The van der Waals surface area contributed by atoms with Crippen molar-refractivity contribution in [2.75, 3.05) is 24.5 Å². The summed E-state index contributed by atoms with van der Waals surface area (Å²) in [5.74, 6) is 0.579. The molecule has 0 radical (unpaired) electrons. The summed E-state index contributed by atoms with van der Waals surface area (Å²) in [6.45, 7) is 7.55. The first-order valence-electron chi connectivity index (χ1n) is 14.1. The number of aromatic nitrogens is 5. The molecule has 1 aromatic carbocycles. The van der Waals surface area contributed by atoms with Crippen molar-refractivity contribution < 1.29 is 18.7 Å². The number of piperidine rings is 1. The minimum atomic E-state index is -0.516. The number of imidazole rings is 1. The van der Waals surface area contributed by atoms with E-state index in [9.17, 15) is 9.18 Å². The first-order chi connectivity index (χ1) is 19.7. The van der Waals surface area contributed by atoms with Crippen molar-refractivity contribution in [3.05, 3.63) is 66.4 Å². The third kappa shape index (κ3) is 5.94. The summed E-state index contributed by atoms with van der Waals surface area (Å²) in [5, 5.41) is 4.91. The van der Waals surface area contributed by atoms with Gasteiger partial charge in [0.1, 0.15) is 23.3 Å². The van der Waals surface area contributed by atoms with E-state index in [2.05, 4.69) is 19.9 Å². The summed E-state index contributed by atoms with van der Waals surface area (Å²) in [6, 6.07) is 11.1. The SMILES string of the molecule is CC(C)(C)OC(=O)N1CCC(Oc2ncc(-c3cnc4ccc(N5CCCC5c5cccc(F)c5)nn34)cn2)CC1. The van der Waals surface area contributed by atoms with Crippen molar-refractivity contribution in [1.29, 1.82) is 0 Å². The zero-order chi connectivity index (χ0) is 28.6. The monoisotopic (exact) mass is 559 g/mol. The minimum Gasteiger partial charge on any atom is -0.460 e. The fourth-order valence-electron chi connectivity index (χ4n) is 5.46. The second-order valence-corrected chi connectivity index (χ2v) is 11.6. The molecule has 0 N–H and O–H groups in total. The highest BCUT2D eigenvalue weighted by Gasteiger charge is 2.29. The Morgan fingerprint density at radius 1 is 0.976 bits per heavy atom. The molecule has 1 amide bonds. The van der Waals surface area contributed by atoms with Crippen LogP contribution in [0.2, 0.25) is 0 Å². The Balaban J connectivity index is 1.14. The molecule has 3 aromatic heterocycles. The molecule has 2 aliphatic rings. The van der Waals surface area contributed by atoms with E-state index in [4.69, 9.17) is 14.6 Å². The number of amides is 1. The van der Waals surface area contributed by atoms with Gasteiger partial charge in [0.15, 0.2) is 5.65 Å². The first kappa shape index (κ1) is 26.9. The van der Waals surface area contributed by atoms with Gasteiger partial charge in [-0.2, -0.15) is 0 Å². The molecule has 41 heavy (non-hydrogen) atoms. The number of carbonyl (C=O) groups is 1. The van der Waals surface area contributed by atoms with Crippen molar-refractivity contribution in [2.45, 2.75) is 64.2 Å². The second kappa shape index (κ2) is 10.9. The number of fused-ring (bicyclic) bond motifs is 1. The van der Waals surface area contributed by atoms with E-state index in [1.807, 2.05) is 39.0 Å². The Morgan fingerprint density at radius 2 is 1.76 bits per heavy atom. The molecule has 6 rings (SSSR count). The van der Waals surface area contributed by atoms with Crippen LogP contribution < -0.4 is 9.64 Å². The predicted molar refractivity (Wildman–Crippen MR) is 151 cm³/mol. The van der Waals surface area contributed by atoms with Crippen LogP contribution in [0.15, 0.2) is 55.0 Å². The zero-order valence-electron chi connectivity index (χ0n) is 23.5. The van der Waals surface area contributed by atoms with Gasteiger partial charge in [-0.1, -0.05) is 12.1 Å². The number of benzene rings is 1. The van der Waals surface area contributed by atoms with Crippen molar-refractivity contribution in [2.24, 2.45) is 0 Å². The van der Waals surface area contributed by atoms with E-state index < -0.39 is 5.60 Å². The molecule has 1 atom stereocenters. The van der Waals surface area contributed by atoms with Crippen LogP contribution in [0, 0.1) is 5.82 Å². The summed E-state index contributed by atoms with van der Waals surface area (Å²) in [5.41, 5.74) is 2.67. The van der Waals surface area contributed by atoms with Gasteiger partial charge in [0.2, 0.25) is 0 Å². The van der Waals surface area contributed by atoms with E-state index in [1.165, 1.54) is 6.07 Å². The second-order valence-electron chi connectivity index (χ2n) is 11.6. The molecule has 0 spiro atoms. The third-order valence-corrected chi connectivity index (χ3v) is 7.42. The van der Waals surface area contributed by atoms with Gasteiger partial charge in [0, 0.05) is 50.4 Å². The lowest BCUT2D eigenvalue weighted by molar-refractivity contribution is 0.0119. The van der Waals surface area contributed by atoms with Gasteiger partial charge in [0.05, 0.1) is 17.9 Å². The fraction of sp³-hybridized carbons (Fsp3) is 0.433. The van der Waals surface area contributed by atoms with Crippen LogP contribution in [-0.4, -0.2) is 66.9 Å². The zero-order valence-corrected chi connectivity index (χ0v) is 23.5. The summed E-state index contributed by atoms with van der Waals surface area (Å²) in [7, 11) is 0. The van der Waals surface area contributed by atoms with Crippen molar-refractivity contribution >= 4 is 17.6 Å². The van der Waals surface area contributed by atoms with Crippen LogP contribution in [0.25, 0.3) is 16.9 Å². The van der Waals surface area contributed by atoms with Crippen molar-refractivity contribution in [3.8, 4) is 17.3 Å². The molecule has 2 fully saturated rings. The third-order valence-electron chi connectivity index (χ3n) is 7.42. The largest absolute Gasteiger partial charge is 0.460 e. The predicted octanol–water partition coefficient (Wildman–Crippen LogP) is 5.45. The summed E-state index contributed by atoms with van der Waals surface area (Å²) >= 11 is 0. The lowest BCUT2D eigenvalue weighted by atomic mass is 10.0. The maximum atomic E-state index is 13.9. The number of nitrogens with zero attached hydrogens (tertiary/aromatic N) is 7. The lowest BCUT2D eigenvalue weighted by Crippen LogP contribution is -2.44. The molecule has 4 aromatic rings. The molecule has 0 saturated carbocycles. The number of halogens is 1. The van der Waals surface area contributed by atoms with Crippen molar-refractivity contribution in [1.82, 2.24) is 29.5 Å². The maximum Gasteiger partial charge on any atom is 0.410 e. The standard InChI is InChI=1S/C30H34FN7O3/c1-30(2,3)41-29(39)36-14-11-23(12-15-36)40-28-33-17-21(18-34-28)25-19-32-26-9-10-27(35-38(25)26)37-13-5-8-24(37)20-6-4-7-22(31)16-20/h4,6-7,9-10,16-19,23-24H,5,8,11-15H2,1-3H3. The Labute approximate surface area is 238 Å². The molecule has 1 unspecified atom stereocenters. The highest BCUT2D eigenvalue weighted by atomic mass is 19.1. The van der Waals surface area contributed by atoms with Gasteiger partial charge in [-0.05, 0) is 63.4 Å². The molecular formula is C30H34FN7O3. The van der Waals surface area contributed by atoms with Gasteiger partial charge in [-0.15, -0.1) is 5.10 Å². The van der Waals surface area contributed by atoms with Crippen LogP contribution in [-0.2, 0) is 4.74 Å². The molecule has 0 aliphatic carbocycles. The van der Waals surface area contributed by atoms with Gasteiger partial charge < -0.3 is 19.3 Å². The van der Waals surface area contributed by atoms with Crippen LogP contribution in [0.1, 0.15) is 58.1 Å². The minimum absolute atomic E-state index is 0.0680. The van der Waals surface area contributed by atoms with E-state index in [1.54, 1.807) is 40.1 Å². The number of hydrogen-bond acceptors (Lipinski definition) is 8. The number of carbonyl (C=O) groups excluding carboxylic acids is 1. The molecule has 11 heteroatoms. The smallest absolute Gasteiger partial charge is 0.410 e. The maximum absolute atomic E-state index is 13.9. The molecule has 2 saturated heterocycles. The van der Waals surface area contributed by atoms with Gasteiger partial charge in [0.25, 0.3) is 0 Å². The average molecular weight is 560 g/mol. The number of ether oxygens (including phenoxy) is 2. The summed E-state index contributed by atoms with van der Waals surface area (Å²) < 4.78 is 27.2. The van der Waals surface area contributed by atoms with Gasteiger partial charge in [-0.25, -0.2) is 28.7 Å². The molecule has 2 aliphatic heterocycles. The highest BCUT2D eigenvalue weighted by Crippen LogP contribution is 2.35. The Hall–Kier alpha value is -4.28. The molecule has 214 valence electrons. The van der Waals surface area contributed by atoms with E-state index in [0.717, 1.165) is 42.0 Å². The van der Waals surface area contributed by atoms with Crippen molar-refractivity contribution in [3.63, 3.8) is 0 Å². The average Bonchev–Trinajstić information content (AvgIpc) is 3.60. The first-order valence-corrected chi connectivity index (χ1v) is 14.1. The highest BCUT2D eigenvalue weighted by molar-refractivity contribution is 5.68. The Morgan fingerprint density at radius 3 is 2.49 bits per heavy atom. The number of rotatable bonds is 5. The van der Waals surface area contributed by atoms with Crippen LogP contribution in [0.4, 0.5) is 15.0 Å². The molecular weight excluding hydrogens is 525 g/mol. The number of hydrogen-bond donors (Lipinski definition) is 0. The van der Waals surface area contributed by atoms with Crippen LogP contribution in [0.5, 0.6) is 6.01 Å². The van der Waals surface area contributed by atoms with Gasteiger partial charge in [-0.3, -0.25) is 0 Å². The number of likely N-dealkylation sites (tertiary alicyclic amines) is 1. The number of anilines is 1. The molecule has 0 bridgehead atoms. The summed E-state index contributed by atoms with van der Waals surface area (Å²) in [6.07, 6.45) is 8.10. The quantitative estimate of drug-likeness (QED) is 0.319. The van der Waals surface area contributed by atoms with E-state index in [-0.39, 0.29) is 24.1 Å². The normalized spacial score (nSPS) is 18.2. The topological polar surface area (TPSA) is 98.0 Å². The Kier molecular flexibility index (Phi) is 7.19. The Bertz CT molecular complexity index is 1530.